The Morgan fingerprint density at radius 2 is 1.76 bits per heavy atom. The number of rotatable bonds is 7. The highest BCUT2D eigenvalue weighted by Crippen LogP contribution is 2.39. The van der Waals surface area contributed by atoms with E-state index in [0.717, 1.165) is 49.7 Å². The molecule has 45 heavy (non-hydrogen) atoms. The fraction of sp³-hybridized carbons (Fsp3) is 0.548. The van der Waals surface area contributed by atoms with Crippen LogP contribution in [0.4, 0.5) is 25.5 Å². The third-order valence-electron chi connectivity index (χ3n) is 8.52. The maximum absolute atomic E-state index is 14.8. The Bertz CT molecular complexity index is 1530. The van der Waals surface area contributed by atoms with E-state index in [1.807, 2.05) is 0 Å². The molecule has 2 aliphatic heterocycles. The van der Waals surface area contributed by atoms with Gasteiger partial charge in [-0.1, -0.05) is 5.16 Å². The van der Waals surface area contributed by atoms with Gasteiger partial charge in [-0.05, 0) is 70.2 Å². The summed E-state index contributed by atoms with van der Waals surface area (Å²) in [5.74, 6) is -0.425. The van der Waals surface area contributed by atoms with Crippen molar-refractivity contribution in [1.29, 1.82) is 0 Å². The zero-order valence-electron chi connectivity index (χ0n) is 25.9. The summed E-state index contributed by atoms with van der Waals surface area (Å²) >= 11 is 0. The molecule has 0 unspecified atom stereocenters. The van der Waals surface area contributed by atoms with Crippen molar-refractivity contribution in [2.45, 2.75) is 76.0 Å². The molecular weight excluding hydrogens is 586 g/mol. The summed E-state index contributed by atoms with van der Waals surface area (Å²) in [6.45, 7) is 7.08. The Labute approximate surface area is 260 Å². The van der Waals surface area contributed by atoms with Crippen molar-refractivity contribution in [2.24, 2.45) is 0 Å². The molecule has 2 aromatic heterocycles. The van der Waals surface area contributed by atoms with Gasteiger partial charge >= 0.3 is 12.1 Å². The lowest BCUT2D eigenvalue weighted by molar-refractivity contribution is 0.0504. The predicted molar refractivity (Wildman–Crippen MR) is 160 cm³/mol. The number of anilines is 2. The first-order valence-corrected chi connectivity index (χ1v) is 15.3. The molecule has 3 aromatic rings. The summed E-state index contributed by atoms with van der Waals surface area (Å²) in [7, 11) is 1.78. The van der Waals surface area contributed by atoms with Gasteiger partial charge in [-0.2, -0.15) is 4.98 Å². The van der Waals surface area contributed by atoms with Gasteiger partial charge in [0, 0.05) is 63.5 Å². The second-order valence-electron chi connectivity index (χ2n) is 13.0. The first-order valence-electron chi connectivity index (χ1n) is 15.3. The molecule has 12 nitrogen and oxygen atoms in total. The third-order valence-corrected chi connectivity index (χ3v) is 8.52. The van der Waals surface area contributed by atoms with Gasteiger partial charge in [-0.3, -0.25) is 4.79 Å². The van der Waals surface area contributed by atoms with Crippen molar-refractivity contribution in [3.63, 3.8) is 0 Å². The van der Waals surface area contributed by atoms with Gasteiger partial charge in [0.15, 0.2) is 5.82 Å². The molecule has 0 radical (unpaired) electrons. The molecule has 1 saturated carbocycles. The standard InChI is InChI=1S/C31H38F2N8O4/c1-31(2,3)44-30(43)36-25-17-41(16-23(25)22-13-20(32)7-8-24(22)33)28-34-14-19(15-35-28)27(42)39(4)21-9-11-40(12-10-21)29-37-26(38-45-29)18-5-6-18/h7-8,13-15,18,21,23,25H,5-6,9-12,16-17H2,1-4H3,(H,36,43)/t23-,25+/m1/s1. The molecular formula is C31H38F2N8O4. The van der Waals surface area contributed by atoms with Gasteiger partial charge in [0.2, 0.25) is 5.95 Å². The SMILES string of the molecule is CN(C(=O)c1cnc(N2C[C@H](NC(=O)OC(C)(C)C)[C@@H](c3cc(F)ccc3F)C2)nc1)C1CCN(c2nc(C3CC3)no2)CC1. The van der Waals surface area contributed by atoms with E-state index < -0.39 is 35.3 Å². The largest absolute Gasteiger partial charge is 0.444 e. The average molecular weight is 625 g/mol. The van der Waals surface area contributed by atoms with Crippen LogP contribution in [0.1, 0.15) is 80.0 Å². The van der Waals surface area contributed by atoms with Gasteiger partial charge in [0.05, 0.1) is 11.6 Å². The number of carbonyl (C=O) groups is 2. The fourth-order valence-corrected chi connectivity index (χ4v) is 5.96. The van der Waals surface area contributed by atoms with Gasteiger partial charge in [0.1, 0.15) is 17.2 Å². The van der Waals surface area contributed by atoms with E-state index >= 15 is 0 Å². The molecule has 1 N–H and O–H groups in total. The molecule has 240 valence electrons. The number of hydrogen-bond donors (Lipinski definition) is 1. The van der Waals surface area contributed by atoms with Crippen molar-refractivity contribution < 1.29 is 27.6 Å². The zero-order valence-corrected chi connectivity index (χ0v) is 25.9. The van der Waals surface area contributed by atoms with Crippen molar-refractivity contribution in [3.8, 4) is 0 Å². The number of aromatic nitrogens is 4. The van der Waals surface area contributed by atoms with Gasteiger partial charge in [-0.15, -0.1) is 0 Å². The lowest BCUT2D eigenvalue weighted by Crippen LogP contribution is -2.45. The van der Waals surface area contributed by atoms with E-state index in [-0.39, 0.29) is 30.6 Å². The van der Waals surface area contributed by atoms with Crippen LogP contribution in [-0.4, -0.2) is 87.9 Å². The topological polar surface area (TPSA) is 130 Å². The molecule has 4 heterocycles. The van der Waals surface area contributed by atoms with Crippen molar-refractivity contribution in [1.82, 2.24) is 30.3 Å². The number of piperidine rings is 1. The molecule has 0 bridgehead atoms. The number of halogens is 2. The maximum atomic E-state index is 14.8. The summed E-state index contributed by atoms with van der Waals surface area (Å²) in [5, 5.41) is 6.91. The number of amides is 2. The first-order chi connectivity index (χ1) is 21.4. The van der Waals surface area contributed by atoms with E-state index in [0.29, 0.717) is 36.5 Å². The Kier molecular flexibility index (Phi) is 8.31. The number of nitrogens with one attached hydrogen (secondary N) is 1. The smallest absolute Gasteiger partial charge is 0.407 e. The maximum Gasteiger partial charge on any atom is 0.407 e. The van der Waals surface area contributed by atoms with Crippen LogP contribution in [0.25, 0.3) is 0 Å². The predicted octanol–water partition coefficient (Wildman–Crippen LogP) is 4.25. The second kappa shape index (κ2) is 12.2. The second-order valence-corrected chi connectivity index (χ2v) is 13.0. The molecule has 1 aliphatic carbocycles. The molecule has 1 aromatic carbocycles. The molecule has 2 saturated heterocycles. The summed E-state index contributed by atoms with van der Waals surface area (Å²) in [5.41, 5.74) is -0.254. The highest BCUT2D eigenvalue weighted by atomic mass is 19.1. The highest BCUT2D eigenvalue weighted by Gasteiger charge is 2.39. The number of carbonyl (C=O) groups excluding carboxylic acids is 2. The molecule has 3 fully saturated rings. The van der Waals surface area contributed by atoms with Crippen LogP contribution in [0.3, 0.4) is 0 Å². The third kappa shape index (κ3) is 6.99. The van der Waals surface area contributed by atoms with E-state index in [9.17, 15) is 18.4 Å². The molecule has 6 rings (SSSR count). The number of ether oxygens (including phenoxy) is 1. The van der Waals surface area contributed by atoms with Crippen molar-refractivity contribution in [3.05, 3.63) is 59.2 Å². The van der Waals surface area contributed by atoms with E-state index in [1.54, 1.807) is 37.6 Å². The highest BCUT2D eigenvalue weighted by molar-refractivity contribution is 5.93. The van der Waals surface area contributed by atoms with E-state index in [1.165, 1.54) is 12.4 Å². The van der Waals surface area contributed by atoms with Crippen LogP contribution in [0, 0.1) is 11.6 Å². The summed E-state index contributed by atoms with van der Waals surface area (Å²) in [4.78, 5) is 44.9. The summed E-state index contributed by atoms with van der Waals surface area (Å²) in [6.07, 6.45) is 6.00. The Morgan fingerprint density at radius 3 is 2.42 bits per heavy atom. The molecule has 0 spiro atoms. The quantitative estimate of drug-likeness (QED) is 0.407. The summed E-state index contributed by atoms with van der Waals surface area (Å²) in [6, 6.07) is 3.24. The molecule has 2 amide bonds. The zero-order chi connectivity index (χ0) is 31.9. The van der Waals surface area contributed by atoms with Crippen molar-refractivity contribution >= 4 is 24.0 Å². The van der Waals surface area contributed by atoms with Crippen LogP contribution in [0.15, 0.2) is 35.1 Å². The Morgan fingerprint density at radius 1 is 1.04 bits per heavy atom. The van der Waals surface area contributed by atoms with Crippen LogP contribution < -0.4 is 15.1 Å². The van der Waals surface area contributed by atoms with Gasteiger partial charge in [0.25, 0.3) is 5.91 Å². The number of benzene rings is 1. The minimum absolute atomic E-state index is 0.0273. The van der Waals surface area contributed by atoms with Gasteiger partial charge in [-0.25, -0.2) is 23.5 Å². The van der Waals surface area contributed by atoms with Crippen LogP contribution in [0.5, 0.6) is 0 Å². The molecule has 14 heteroatoms. The number of nitrogens with zero attached hydrogens (tertiary/aromatic N) is 7. The lowest BCUT2D eigenvalue weighted by atomic mass is 9.94. The summed E-state index contributed by atoms with van der Waals surface area (Å²) < 4.78 is 39.8. The average Bonchev–Trinajstić information content (AvgIpc) is 3.59. The Hall–Kier alpha value is -4.36. The minimum Gasteiger partial charge on any atom is -0.444 e. The monoisotopic (exact) mass is 624 g/mol. The van der Waals surface area contributed by atoms with E-state index in [2.05, 4.69) is 30.3 Å². The van der Waals surface area contributed by atoms with Crippen LogP contribution >= 0.6 is 0 Å². The fourth-order valence-electron chi connectivity index (χ4n) is 5.96. The normalized spacial score (nSPS) is 20.8. The first kappa shape index (κ1) is 30.7. The number of alkyl carbamates (subject to hydrolysis) is 1. The van der Waals surface area contributed by atoms with Crippen LogP contribution in [0.2, 0.25) is 0 Å². The molecule has 3 aliphatic rings. The van der Waals surface area contributed by atoms with Crippen LogP contribution in [-0.2, 0) is 4.74 Å². The lowest BCUT2D eigenvalue weighted by Gasteiger charge is -2.35. The molecule has 2 atom stereocenters. The Balaban J connectivity index is 1.10. The minimum atomic E-state index is -0.731. The van der Waals surface area contributed by atoms with Gasteiger partial charge < -0.3 is 29.3 Å². The van der Waals surface area contributed by atoms with E-state index in [4.69, 9.17) is 9.26 Å². The van der Waals surface area contributed by atoms with Crippen molar-refractivity contribution in [2.75, 3.05) is 43.0 Å². The number of hydrogen-bond acceptors (Lipinski definition) is 10.